The minimum absolute atomic E-state index is 0.0949. The minimum Gasteiger partial charge on any atom is -0.343 e. The van der Waals surface area contributed by atoms with Gasteiger partial charge in [0.25, 0.3) is 0 Å². The lowest BCUT2D eigenvalue weighted by molar-refractivity contribution is 0.115. The summed E-state index contributed by atoms with van der Waals surface area (Å²) < 4.78 is 0. The van der Waals surface area contributed by atoms with E-state index in [1.165, 1.54) is 37.2 Å². The highest BCUT2D eigenvalue weighted by Crippen LogP contribution is 2.32. The Labute approximate surface area is 119 Å². The molecule has 0 spiro atoms. The highest BCUT2D eigenvalue weighted by molar-refractivity contribution is 7.15. The molecule has 106 valence electrons. The van der Waals surface area contributed by atoms with Crippen LogP contribution in [0.15, 0.2) is 6.20 Å². The second-order valence-electron chi connectivity index (χ2n) is 5.98. The summed E-state index contributed by atoms with van der Waals surface area (Å²) in [6, 6.07) is 1.38. The normalized spacial score (nSPS) is 30.2. The first kappa shape index (κ1) is 13.3. The summed E-state index contributed by atoms with van der Waals surface area (Å²) in [5.74, 6) is 0. The number of thiazole rings is 1. The summed E-state index contributed by atoms with van der Waals surface area (Å²) in [6.07, 6.45) is 6.04. The lowest BCUT2D eigenvalue weighted by atomic mass is 9.97. The summed E-state index contributed by atoms with van der Waals surface area (Å²) in [5, 5.41) is 1.16. The van der Waals surface area contributed by atoms with E-state index in [1.807, 2.05) is 13.1 Å². The van der Waals surface area contributed by atoms with Gasteiger partial charge in [-0.25, -0.2) is 4.98 Å². The molecular weight excluding hydrogens is 256 g/mol. The molecule has 1 aromatic heterocycles. The van der Waals surface area contributed by atoms with E-state index in [4.69, 9.17) is 5.73 Å². The van der Waals surface area contributed by atoms with Gasteiger partial charge < -0.3 is 10.6 Å². The Kier molecular flexibility index (Phi) is 3.78. The van der Waals surface area contributed by atoms with Crippen molar-refractivity contribution in [2.24, 2.45) is 5.73 Å². The minimum atomic E-state index is 0.0949. The lowest BCUT2D eigenvalue weighted by Gasteiger charge is -2.47. The van der Waals surface area contributed by atoms with Gasteiger partial charge >= 0.3 is 0 Å². The number of nitrogens with zero attached hydrogens (tertiary/aromatic N) is 3. The molecule has 2 N–H and O–H groups in total. The lowest BCUT2D eigenvalue weighted by Crippen LogP contribution is -2.58. The van der Waals surface area contributed by atoms with Crippen LogP contribution in [-0.2, 0) is 0 Å². The van der Waals surface area contributed by atoms with E-state index in [-0.39, 0.29) is 6.04 Å². The smallest absolute Gasteiger partial charge is 0.185 e. The number of piperazine rings is 1. The summed E-state index contributed by atoms with van der Waals surface area (Å²) >= 11 is 1.76. The van der Waals surface area contributed by atoms with Gasteiger partial charge in [-0.15, -0.1) is 11.3 Å². The molecule has 0 aromatic carbocycles. The third-order valence-electron chi connectivity index (χ3n) is 4.39. The van der Waals surface area contributed by atoms with Crippen LogP contribution in [-0.4, -0.2) is 41.6 Å². The molecule has 3 rings (SSSR count). The van der Waals surface area contributed by atoms with Gasteiger partial charge in [0, 0.05) is 42.3 Å². The molecule has 0 amide bonds. The molecule has 2 aliphatic rings. The van der Waals surface area contributed by atoms with E-state index < -0.39 is 0 Å². The topological polar surface area (TPSA) is 45.4 Å². The van der Waals surface area contributed by atoms with Gasteiger partial charge in [0.2, 0.25) is 0 Å². The van der Waals surface area contributed by atoms with Crippen LogP contribution in [0.2, 0.25) is 0 Å². The van der Waals surface area contributed by atoms with E-state index in [0.717, 1.165) is 17.7 Å². The zero-order valence-electron chi connectivity index (χ0n) is 11.9. The predicted molar refractivity (Wildman–Crippen MR) is 80.7 cm³/mol. The van der Waals surface area contributed by atoms with E-state index in [2.05, 4.69) is 21.7 Å². The van der Waals surface area contributed by atoms with Gasteiger partial charge in [-0.2, -0.15) is 0 Å². The summed E-state index contributed by atoms with van der Waals surface area (Å²) in [7, 11) is 0. The Bertz CT molecular complexity index is 431. The zero-order chi connectivity index (χ0) is 13.4. The number of hydrogen-bond acceptors (Lipinski definition) is 5. The molecule has 3 heterocycles. The van der Waals surface area contributed by atoms with Crippen LogP contribution in [0.1, 0.15) is 44.0 Å². The fraction of sp³-hybridized carbons (Fsp3) is 0.786. The molecule has 2 saturated heterocycles. The molecule has 19 heavy (non-hydrogen) atoms. The van der Waals surface area contributed by atoms with Crippen molar-refractivity contribution in [2.45, 2.75) is 51.2 Å². The van der Waals surface area contributed by atoms with Crippen molar-refractivity contribution in [2.75, 3.05) is 24.5 Å². The number of rotatable bonds is 2. The summed E-state index contributed by atoms with van der Waals surface area (Å²) in [5.41, 5.74) is 5.94. The largest absolute Gasteiger partial charge is 0.343 e. The van der Waals surface area contributed by atoms with Crippen molar-refractivity contribution in [1.82, 2.24) is 9.88 Å². The number of piperidine rings is 1. The third-order valence-corrected chi connectivity index (χ3v) is 5.63. The van der Waals surface area contributed by atoms with Crippen LogP contribution in [0.4, 0.5) is 5.13 Å². The van der Waals surface area contributed by atoms with Crippen molar-refractivity contribution in [3.8, 4) is 0 Å². The molecule has 2 aliphatic heterocycles. The van der Waals surface area contributed by atoms with Crippen LogP contribution in [0.25, 0.3) is 0 Å². The zero-order valence-corrected chi connectivity index (χ0v) is 12.7. The Hall–Kier alpha value is -0.650. The highest BCUT2D eigenvalue weighted by Gasteiger charge is 2.34. The van der Waals surface area contributed by atoms with Crippen LogP contribution in [0.3, 0.4) is 0 Å². The van der Waals surface area contributed by atoms with Crippen LogP contribution >= 0.6 is 11.3 Å². The standard InChI is InChI=1S/C14H24N4S/c1-10-8-17-6-4-3-5-12(17)9-18(10)14-16-7-13(19-14)11(2)15/h7,10-12H,3-6,8-9,15H2,1-2H3. The van der Waals surface area contributed by atoms with Crippen LogP contribution in [0, 0.1) is 0 Å². The number of aromatic nitrogens is 1. The molecule has 3 unspecified atom stereocenters. The van der Waals surface area contributed by atoms with E-state index in [1.54, 1.807) is 11.3 Å². The van der Waals surface area contributed by atoms with E-state index in [0.29, 0.717) is 6.04 Å². The summed E-state index contributed by atoms with van der Waals surface area (Å²) in [6.45, 7) is 7.94. The maximum absolute atomic E-state index is 5.94. The van der Waals surface area contributed by atoms with Crippen molar-refractivity contribution in [1.29, 1.82) is 0 Å². The van der Waals surface area contributed by atoms with Gasteiger partial charge in [-0.1, -0.05) is 6.42 Å². The van der Waals surface area contributed by atoms with Crippen molar-refractivity contribution < 1.29 is 0 Å². The number of nitrogens with two attached hydrogens (primary N) is 1. The highest BCUT2D eigenvalue weighted by atomic mass is 32.1. The van der Waals surface area contributed by atoms with Crippen LogP contribution in [0.5, 0.6) is 0 Å². The maximum Gasteiger partial charge on any atom is 0.185 e. The Balaban J connectivity index is 1.75. The molecule has 1 aromatic rings. The molecule has 0 bridgehead atoms. The van der Waals surface area contributed by atoms with Crippen LogP contribution < -0.4 is 10.6 Å². The molecule has 2 fully saturated rings. The monoisotopic (exact) mass is 280 g/mol. The Morgan fingerprint density at radius 1 is 1.42 bits per heavy atom. The molecule has 0 saturated carbocycles. The second-order valence-corrected chi connectivity index (χ2v) is 7.02. The van der Waals surface area contributed by atoms with Gasteiger partial charge in [0.1, 0.15) is 0 Å². The molecule has 5 heteroatoms. The average Bonchev–Trinajstić information content (AvgIpc) is 2.87. The number of fused-ring (bicyclic) bond motifs is 1. The van der Waals surface area contributed by atoms with Crippen molar-refractivity contribution in [3.05, 3.63) is 11.1 Å². The molecule has 0 radical (unpaired) electrons. The number of anilines is 1. The van der Waals surface area contributed by atoms with Gasteiger partial charge in [-0.05, 0) is 33.2 Å². The summed E-state index contributed by atoms with van der Waals surface area (Å²) in [4.78, 5) is 10.9. The quantitative estimate of drug-likeness (QED) is 0.902. The fourth-order valence-electron chi connectivity index (χ4n) is 3.24. The van der Waals surface area contributed by atoms with Gasteiger partial charge in [0.05, 0.1) is 0 Å². The van der Waals surface area contributed by atoms with Gasteiger partial charge in [0.15, 0.2) is 5.13 Å². The van der Waals surface area contributed by atoms with E-state index >= 15 is 0 Å². The SMILES string of the molecule is CC(N)c1cnc(N2CC3CCCCN3CC2C)s1. The third kappa shape index (κ3) is 2.64. The first-order valence-electron chi connectivity index (χ1n) is 7.37. The molecule has 0 aliphatic carbocycles. The first-order valence-corrected chi connectivity index (χ1v) is 8.19. The first-order chi connectivity index (χ1) is 9.15. The average molecular weight is 280 g/mol. The van der Waals surface area contributed by atoms with Crippen molar-refractivity contribution in [3.63, 3.8) is 0 Å². The molecular formula is C14H24N4S. The predicted octanol–water partition coefficient (Wildman–Crippen LogP) is 2.23. The van der Waals surface area contributed by atoms with Gasteiger partial charge in [-0.3, -0.25) is 4.90 Å². The van der Waals surface area contributed by atoms with E-state index in [9.17, 15) is 0 Å². The Morgan fingerprint density at radius 2 is 2.26 bits per heavy atom. The fourth-order valence-corrected chi connectivity index (χ4v) is 4.22. The Morgan fingerprint density at radius 3 is 3.00 bits per heavy atom. The molecule has 3 atom stereocenters. The second kappa shape index (κ2) is 5.38. The molecule has 4 nitrogen and oxygen atoms in total. The van der Waals surface area contributed by atoms with Crippen molar-refractivity contribution >= 4 is 16.5 Å². The number of hydrogen-bond donors (Lipinski definition) is 1. The maximum atomic E-state index is 5.94.